The number of rotatable bonds is 3. The van der Waals surface area contributed by atoms with Crippen LogP contribution in [0.1, 0.15) is 30.1 Å². The average molecular weight is 467 g/mol. The van der Waals surface area contributed by atoms with E-state index in [0.717, 1.165) is 23.7 Å². The fourth-order valence-electron chi connectivity index (χ4n) is 5.13. The molecule has 2 aromatic carbocycles. The van der Waals surface area contributed by atoms with E-state index in [-0.39, 0.29) is 22.2 Å². The van der Waals surface area contributed by atoms with Gasteiger partial charge in [-0.25, -0.2) is 8.42 Å². The van der Waals surface area contributed by atoms with Crippen LogP contribution < -0.4 is 4.74 Å². The highest BCUT2D eigenvalue weighted by Gasteiger charge is 2.41. The van der Waals surface area contributed by atoms with Crippen molar-refractivity contribution in [3.8, 4) is 5.75 Å². The van der Waals surface area contributed by atoms with E-state index in [4.69, 9.17) is 16.3 Å². The van der Waals surface area contributed by atoms with Crippen molar-refractivity contribution in [1.82, 2.24) is 9.47 Å². The molecule has 2 aliphatic rings. The van der Waals surface area contributed by atoms with Crippen LogP contribution in [0.5, 0.6) is 5.75 Å². The van der Waals surface area contributed by atoms with Gasteiger partial charge in [0.1, 0.15) is 5.75 Å². The summed E-state index contributed by atoms with van der Waals surface area (Å²) in [5.41, 5.74) is 3.50. The van der Waals surface area contributed by atoms with Crippen molar-refractivity contribution < 1.29 is 13.2 Å². The molecule has 160 valence electrons. The van der Waals surface area contributed by atoms with Gasteiger partial charge in [0, 0.05) is 47.7 Å². The van der Waals surface area contributed by atoms with Gasteiger partial charge in [0.15, 0.2) is 0 Å². The van der Waals surface area contributed by atoms with E-state index < -0.39 is 9.84 Å². The largest absolute Gasteiger partial charge is 0.495 e. The second kappa shape index (κ2) is 7.45. The molecule has 0 radical (unpaired) electrons. The number of sulfone groups is 1. The Balaban J connectivity index is 0.00000218. The predicted octanol–water partition coefficient (Wildman–Crippen LogP) is 4.79. The lowest BCUT2D eigenvalue weighted by Gasteiger charge is -2.32. The first-order valence-corrected chi connectivity index (χ1v) is 11.6. The fourth-order valence-corrected chi connectivity index (χ4v) is 6.74. The molecule has 1 fully saturated rings. The van der Waals surface area contributed by atoms with E-state index >= 15 is 0 Å². The van der Waals surface area contributed by atoms with Crippen molar-refractivity contribution in [2.24, 2.45) is 7.05 Å². The molecule has 5 nitrogen and oxygen atoms in total. The number of benzene rings is 2. The third kappa shape index (κ3) is 2.96. The summed E-state index contributed by atoms with van der Waals surface area (Å²) in [5.74, 6) is 0.582. The van der Waals surface area contributed by atoms with E-state index in [1.807, 2.05) is 6.07 Å². The molecule has 2 atom stereocenters. The average Bonchev–Trinajstić information content (AvgIpc) is 3.10. The first-order valence-electron chi connectivity index (χ1n) is 9.74. The van der Waals surface area contributed by atoms with E-state index in [0.29, 0.717) is 22.9 Å². The lowest BCUT2D eigenvalue weighted by molar-refractivity contribution is 0.222. The number of nitrogens with zero attached hydrogens (tertiary/aromatic N) is 2. The quantitative estimate of drug-likeness (QED) is 0.556. The smallest absolute Gasteiger partial charge is 0.206 e. The number of likely N-dealkylation sites (N-methyl/N-ethyl adjacent to an activating group) is 1. The standard InChI is InChI=1S/C22H23ClN2O3S.ClH/c1-24-14-7-8-18(24)21-17-11-16(29(26,27)15-6-4-5-13(23)9-15)12-20(28-3)22(17)25(2)19(21)10-14;/h4-6,9,11-12,14,18H,7-8,10H2,1-3H3;1H. The molecule has 2 unspecified atom stereocenters. The maximum atomic E-state index is 13.4. The van der Waals surface area contributed by atoms with E-state index in [2.05, 4.69) is 23.6 Å². The molecule has 0 amide bonds. The number of aromatic nitrogens is 1. The molecule has 1 aromatic heterocycles. The van der Waals surface area contributed by atoms with Crippen LogP contribution in [0.2, 0.25) is 5.02 Å². The number of hydrogen-bond acceptors (Lipinski definition) is 4. The Morgan fingerprint density at radius 2 is 1.87 bits per heavy atom. The highest BCUT2D eigenvalue weighted by Crippen LogP contribution is 2.48. The molecule has 5 rings (SSSR count). The zero-order valence-corrected chi connectivity index (χ0v) is 19.4. The number of halogens is 2. The topological polar surface area (TPSA) is 51.5 Å². The zero-order valence-electron chi connectivity index (χ0n) is 17.1. The first-order chi connectivity index (χ1) is 13.8. The van der Waals surface area contributed by atoms with Crippen LogP contribution in [-0.4, -0.2) is 38.1 Å². The van der Waals surface area contributed by atoms with Crippen LogP contribution in [0, 0.1) is 0 Å². The Morgan fingerprint density at radius 3 is 2.57 bits per heavy atom. The molecule has 0 aliphatic carbocycles. The molecule has 2 aliphatic heterocycles. The Labute approximate surface area is 187 Å². The third-order valence-electron chi connectivity index (χ3n) is 6.63. The summed E-state index contributed by atoms with van der Waals surface area (Å²) in [6, 6.07) is 10.7. The van der Waals surface area contributed by atoms with Crippen molar-refractivity contribution in [2.75, 3.05) is 14.2 Å². The monoisotopic (exact) mass is 466 g/mol. The fraction of sp³-hybridized carbons (Fsp3) is 0.364. The van der Waals surface area contributed by atoms with Crippen LogP contribution in [-0.2, 0) is 23.3 Å². The number of ether oxygens (including phenoxy) is 1. The Bertz CT molecular complexity index is 1250. The van der Waals surface area contributed by atoms with Crippen molar-refractivity contribution >= 4 is 44.7 Å². The highest BCUT2D eigenvalue weighted by molar-refractivity contribution is 7.91. The van der Waals surface area contributed by atoms with Crippen LogP contribution in [0.25, 0.3) is 10.9 Å². The molecule has 3 heterocycles. The minimum Gasteiger partial charge on any atom is -0.495 e. The molecule has 0 spiro atoms. The number of methoxy groups -OCH3 is 1. The van der Waals surface area contributed by atoms with Gasteiger partial charge in [-0.1, -0.05) is 17.7 Å². The van der Waals surface area contributed by atoms with Crippen molar-refractivity contribution in [1.29, 1.82) is 0 Å². The molecule has 30 heavy (non-hydrogen) atoms. The van der Waals surface area contributed by atoms with Gasteiger partial charge in [-0.3, -0.25) is 4.90 Å². The third-order valence-corrected chi connectivity index (χ3v) is 8.60. The zero-order chi connectivity index (χ0) is 20.5. The maximum absolute atomic E-state index is 13.4. The molecular weight excluding hydrogens is 443 g/mol. The Kier molecular flexibility index (Phi) is 5.34. The van der Waals surface area contributed by atoms with Gasteiger partial charge >= 0.3 is 0 Å². The number of fused-ring (bicyclic) bond motifs is 6. The van der Waals surface area contributed by atoms with Crippen molar-refractivity contribution in [2.45, 2.75) is 41.1 Å². The molecule has 0 N–H and O–H groups in total. The minimum absolute atomic E-state index is 0. The number of hydrogen-bond donors (Lipinski definition) is 0. The lowest BCUT2D eigenvalue weighted by atomic mass is 9.97. The van der Waals surface area contributed by atoms with Crippen molar-refractivity contribution in [3.05, 3.63) is 52.7 Å². The van der Waals surface area contributed by atoms with Gasteiger partial charge in [-0.05, 0) is 49.7 Å². The minimum atomic E-state index is -3.72. The van der Waals surface area contributed by atoms with Crippen molar-refractivity contribution in [3.63, 3.8) is 0 Å². The normalized spacial score (nSPS) is 20.8. The van der Waals surface area contributed by atoms with Gasteiger partial charge in [0.2, 0.25) is 9.84 Å². The van der Waals surface area contributed by atoms with Crippen LogP contribution >= 0.6 is 24.0 Å². The molecule has 1 saturated heterocycles. The number of aryl methyl sites for hydroxylation is 1. The second-order valence-corrected chi connectivity index (χ2v) is 10.4. The summed E-state index contributed by atoms with van der Waals surface area (Å²) < 4.78 is 34.6. The summed E-state index contributed by atoms with van der Waals surface area (Å²) in [4.78, 5) is 2.86. The summed E-state index contributed by atoms with van der Waals surface area (Å²) in [6.45, 7) is 0. The Morgan fingerprint density at radius 1 is 1.10 bits per heavy atom. The van der Waals surface area contributed by atoms with Gasteiger partial charge in [0.25, 0.3) is 0 Å². The summed E-state index contributed by atoms with van der Waals surface area (Å²) in [5, 5.41) is 1.37. The van der Waals surface area contributed by atoms with Crippen LogP contribution in [0.15, 0.2) is 46.2 Å². The summed E-state index contributed by atoms with van der Waals surface area (Å²) >= 11 is 6.05. The Hall–Kier alpha value is -1.73. The van der Waals surface area contributed by atoms with Gasteiger partial charge in [-0.15, -0.1) is 12.4 Å². The summed E-state index contributed by atoms with van der Waals surface area (Å²) in [7, 11) is 2.10. The SMILES string of the molecule is COc1cc(S(=O)(=O)c2cccc(Cl)c2)cc2c3c(n(C)c12)CC1CCC3N1C.Cl. The van der Waals surface area contributed by atoms with Crippen LogP contribution in [0.4, 0.5) is 0 Å². The van der Waals surface area contributed by atoms with Gasteiger partial charge in [-0.2, -0.15) is 0 Å². The maximum Gasteiger partial charge on any atom is 0.206 e. The van der Waals surface area contributed by atoms with E-state index in [1.165, 1.54) is 23.7 Å². The van der Waals surface area contributed by atoms with Gasteiger partial charge < -0.3 is 9.30 Å². The van der Waals surface area contributed by atoms with Gasteiger partial charge in [0.05, 0.1) is 22.4 Å². The second-order valence-electron chi connectivity index (χ2n) is 8.02. The van der Waals surface area contributed by atoms with E-state index in [9.17, 15) is 8.42 Å². The lowest BCUT2D eigenvalue weighted by Crippen LogP contribution is -2.34. The molecule has 2 bridgehead atoms. The first kappa shape index (κ1) is 21.5. The molecule has 3 aromatic rings. The molecular formula is C22H24Cl2N2O3S. The summed E-state index contributed by atoms with van der Waals surface area (Å²) in [6.07, 6.45) is 3.25. The highest BCUT2D eigenvalue weighted by atomic mass is 35.5. The van der Waals surface area contributed by atoms with Crippen LogP contribution in [0.3, 0.4) is 0 Å². The molecule has 8 heteroatoms. The predicted molar refractivity (Wildman–Crippen MR) is 121 cm³/mol. The van der Waals surface area contributed by atoms with E-state index in [1.54, 1.807) is 31.4 Å². The molecule has 0 saturated carbocycles.